The lowest BCUT2D eigenvalue weighted by atomic mass is 9.90. The number of hydrogen-bond donors (Lipinski definition) is 0. The van der Waals surface area contributed by atoms with Crippen molar-refractivity contribution in [3.8, 4) is 11.1 Å². The second-order valence-corrected chi connectivity index (χ2v) is 6.78. The normalized spacial score (nSPS) is 12.6. The maximum Gasteiger partial charge on any atom is 0.416 e. The number of benzene rings is 3. The predicted octanol–water partition coefficient (Wildman–Crippen LogP) is 7.58. The Morgan fingerprint density at radius 3 is 2.11 bits per heavy atom. The van der Waals surface area contributed by atoms with Crippen LogP contribution in [0.5, 0.6) is 0 Å². The third-order valence-corrected chi connectivity index (χ3v) is 4.74. The molecule has 0 radical (unpaired) electrons. The van der Waals surface area contributed by atoms with Crippen molar-refractivity contribution in [2.75, 3.05) is 0 Å². The highest BCUT2D eigenvalue weighted by Gasteiger charge is 2.30. The van der Waals surface area contributed by atoms with Gasteiger partial charge in [-0.15, -0.1) is 0 Å². The third-order valence-electron chi connectivity index (χ3n) is 4.74. The molecule has 0 nitrogen and oxygen atoms in total. The maximum absolute atomic E-state index is 12.9. The standard InChI is InChI=1S/C24H21F3/c1-17(15-18(2)22-9-6-10-23(16-22)24(25,26)27)19-11-13-21(14-12-19)20-7-4-3-5-8-20/h3-14,16-17H,2,15H2,1H3/t17-/m1/s1. The Hall–Kier alpha value is -2.81. The van der Waals surface area contributed by atoms with E-state index in [0.29, 0.717) is 17.6 Å². The van der Waals surface area contributed by atoms with Crippen molar-refractivity contribution in [3.05, 3.63) is 102 Å². The van der Waals surface area contributed by atoms with Crippen LogP contribution in [-0.2, 0) is 6.18 Å². The molecule has 0 amide bonds. The Labute approximate surface area is 158 Å². The Kier molecular flexibility index (Phi) is 5.50. The molecule has 0 aliphatic carbocycles. The number of hydrogen-bond acceptors (Lipinski definition) is 0. The number of rotatable bonds is 5. The Bertz CT molecular complexity index is 906. The molecule has 0 N–H and O–H groups in total. The van der Waals surface area contributed by atoms with Crippen LogP contribution >= 0.6 is 0 Å². The van der Waals surface area contributed by atoms with Gasteiger partial charge in [0.25, 0.3) is 0 Å². The van der Waals surface area contributed by atoms with Gasteiger partial charge in [0.05, 0.1) is 5.56 Å². The fraction of sp³-hybridized carbons (Fsp3) is 0.167. The van der Waals surface area contributed by atoms with E-state index in [1.807, 2.05) is 18.2 Å². The molecule has 27 heavy (non-hydrogen) atoms. The van der Waals surface area contributed by atoms with Crippen molar-refractivity contribution >= 4 is 5.57 Å². The van der Waals surface area contributed by atoms with Crippen molar-refractivity contribution in [3.63, 3.8) is 0 Å². The summed E-state index contributed by atoms with van der Waals surface area (Å²) >= 11 is 0. The molecule has 0 aliphatic heterocycles. The first kappa shape index (κ1) is 19.0. The summed E-state index contributed by atoms with van der Waals surface area (Å²) in [6, 6.07) is 23.8. The van der Waals surface area contributed by atoms with Crippen molar-refractivity contribution in [1.29, 1.82) is 0 Å². The van der Waals surface area contributed by atoms with Crippen LogP contribution in [0.4, 0.5) is 13.2 Å². The lowest BCUT2D eigenvalue weighted by Crippen LogP contribution is -2.05. The summed E-state index contributed by atoms with van der Waals surface area (Å²) in [5, 5.41) is 0. The lowest BCUT2D eigenvalue weighted by Gasteiger charge is -2.16. The number of alkyl halides is 3. The molecule has 0 aliphatic rings. The van der Waals surface area contributed by atoms with Crippen LogP contribution in [0.1, 0.15) is 36.0 Å². The zero-order chi connectivity index (χ0) is 19.4. The highest BCUT2D eigenvalue weighted by Crippen LogP contribution is 2.33. The van der Waals surface area contributed by atoms with Crippen LogP contribution in [-0.4, -0.2) is 0 Å². The molecule has 0 heterocycles. The van der Waals surface area contributed by atoms with Gasteiger partial charge >= 0.3 is 6.18 Å². The van der Waals surface area contributed by atoms with Crippen LogP contribution < -0.4 is 0 Å². The molecule has 0 bridgehead atoms. The second kappa shape index (κ2) is 7.83. The molecule has 3 heteroatoms. The average Bonchev–Trinajstić information content (AvgIpc) is 2.68. The van der Waals surface area contributed by atoms with Gasteiger partial charge in [-0.25, -0.2) is 0 Å². The molecule has 1 atom stereocenters. The molecule has 0 saturated heterocycles. The highest BCUT2D eigenvalue weighted by atomic mass is 19.4. The minimum atomic E-state index is -4.34. The van der Waals surface area contributed by atoms with Gasteiger partial charge in [-0.05, 0) is 52.3 Å². The largest absolute Gasteiger partial charge is 0.416 e. The first-order valence-electron chi connectivity index (χ1n) is 8.85. The summed E-state index contributed by atoms with van der Waals surface area (Å²) in [7, 11) is 0. The smallest absolute Gasteiger partial charge is 0.166 e. The minimum absolute atomic E-state index is 0.164. The molecular weight excluding hydrogens is 345 g/mol. The van der Waals surface area contributed by atoms with Crippen molar-refractivity contribution < 1.29 is 13.2 Å². The van der Waals surface area contributed by atoms with Gasteiger partial charge < -0.3 is 0 Å². The van der Waals surface area contributed by atoms with E-state index in [1.165, 1.54) is 12.1 Å². The van der Waals surface area contributed by atoms with Gasteiger partial charge in [0.15, 0.2) is 0 Å². The summed E-state index contributed by atoms with van der Waals surface area (Å²) in [6.45, 7) is 6.08. The third kappa shape index (κ3) is 4.68. The highest BCUT2D eigenvalue weighted by molar-refractivity contribution is 5.66. The summed E-state index contributed by atoms with van der Waals surface area (Å²) in [6.07, 6.45) is -3.73. The van der Waals surface area contributed by atoms with E-state index in [-0.39, 0.29) is 5.92 Å². The van der Waals surface area contributed by atoms with E-state index in [0.717, 1.165) is 22.8 Å². The summed E-state index contributed by atoms with van der Waals surface area (Å²) in [5.74, 6) is 0.164. The van der Waals surface area contributed by atoms with Gasteiger partial charge in [0.2, 0.25) is 0 Å². The van der Waals surface area contributed by atoms with Crippen molar-refractivity contribution in [2.45, 2.75) is 25.4 Å². The van der Waals surface area contributed by atoms with Gasteiger partial charge in [-0.3, -0.25) is 0 Å². The second-order valence-electron chi connectivity index (χ2n) is 6.78. The maximum atomic E-state index is 12.9. The minimum Gasteiger partial charge on any atom is -0.166 e. The Balaban J connectivity index is 1.72. The number of allylic oxidation sites excluding steroid dienone is 1. The molecule has 138 valence electrons. The SMILES string of the molecule is C=C(C[C@@H](C)c1ccc(-c2ccccc2)cc1)c1cccc(C(F)(F)F)c1. The monoisotopic (exact) mass is 366 g/mol. The molecule has 0 aromatic heterocycles. The fourth-order valence-electron chi connectivity index (χ4n) is 3.16. The predicted molar refractivity (Wildman–Crippen MR) is 105 cm³/mol. The van der Waals surface area contributed by atoms with E-state index < -0.39 is 11.7 Å². The van der Waals surface area contributed by atoms with Crippen LogP contribution in [0.3, 0.4) is 0 Å². The first-order valence-corrected chi connectivity index (χ1v) is 8.85. The Morgan fingerprint density at radius 1 is 0.852 bits per heavy atom. The van der Waals surface area contributed by atoms with Crippen molar-refractivity contribution in [2.24, 2.45) is 0 Å². The molecule has 0 saturated carbocycles. The van der Waals surface area contributed by atoms with Gasteiger partial charge in [-0.2, -0.15) is 13.2 Å². The van der Waals surface area contributed by atoms with Crippen LogP contribution in [0, 0.1) is 0 Å². The van der Waals surface area contributed by atoms with Crippen LogP contribution in [0.25, 0.3) is 16.7 Å². The first-order chi connectivity index (χ1) is 12.8. The van der Waals surface area contributed by atoms with E-state index in [2.05, 4.69) is 49.9 Å². The van der Waals surface area contributed by atoms with Crippen LogP contribution in [0.2, 0.25) is 0 Å². The van der Waals surface area contributed by atoms with Crippen molar-refractivity contribution in [1.82, 2.24) is 0 Å². The molecule has 3 rings (SSSR count). The van der Waals surface area contributed by atoms with E-state index >= 15 is 0 Å². The molecule has 0 unspecified atom stereocenters. The quantitative estimate of drug-likeness (QED) is 0.436. The van der Waals surface area contributed by atoms with E-state index in [4.69, 9.17) is 0 Å². The Morgan fingerprint density at radius 2 is 1.48 bits per heavy atom. The number of halogens is 3. The van der Waals surface area contributed by atoms with E-state index in [9.17, 15) is 13.2 Å². The molecule has 0 fully saturated rings. The molecule has 0 spiro atoms. The zero-order valence-corrected chi connectivity index (χ0v) is 15.1. The van der Waals surface area contributed by atoms with Crippen LogP contribution in [0.15, 0.2) is 85.4 Å². The topological polar surface area (TPSA) is 0 Å². The molecular formula is C24H21F3. The van der Waals surface area contributed by atoms with Gasteiger partial charge in [0.1, 0.15) is 0 Å². The lowest BCUT2D eigenvalue weighted by molar-refractivity contribution is -0.137. The average molecular weight is 366 g/mol. The summed E-state index contributed by atoms with van der Waals surface area (Å²) < 4.78 is 38.7. The zero-order valence-electron chi connectivity index (χ0n) is 15.1. The van der Waals surface area contributed by atoms with Gasteiger partial charge in [0, 0.05) is 0 Å². The molecule has 3 aromatic carbocycles. The van der Waals surface area contributed by atoms with Gasteiger partial charge in [-0.1, -0.05) is 80.2 Å². The summed E-state index contributed by atoms with van der Waals surface area (Å²) in [5.41, 5.74) is 4.05. The summed E-state index contributed by atoms with van der Waals surface area (Å²) in [4.78, 5) is 0. The molecule has 3 aromatic rings. The van der Waals surface area contributed by atoms with E-state index in [1.54, 1.807) is 6.07 Å². The fourth-order valence-corrected chi connectivity index (χ4v) is 3.16.